The monoisotopic (exact) mass is 451 g/mol. The van der Waals surface area contributed by atoms with Gasteiger partial charge in [0.2, 0.25) is 17.7 Å². The molecule has 2 atom stereocenters. The zero-order chi connectivity index (χ0) is 23.2. The summed E-state index contributed by atoms with van der Waals surface area (Å²) >= 11 is 3.98. The zero-order valence-electron chi connectivity index (χ0n) is 17.9. The van der Waals surface area contributed by atoms with E-state index in [9.17, 15) is 24.3 Å². The van der Waals surface area contributed by atoms with E-state index in [2.05, 4.69) is 23.3 Å². The Balaban J connectivity index is 2.39. The Morgan fingerprint density at radius 1 is 0.935 bits per heavy atom. The van der Waals surface area contributed by atoms with Crippen molar-refractivity contribution >= 4 is 36.1 Å². The number of nitrogens with one attached hydrogen (secondary N) is 2. The molecule has 3 amide bonds. The molecule has 1 unspecified atom stereocenters. The molecule has 0 aliphatic heterocycles. The second-order valence-electron chi connectivity index (χ2n) is 7.43. The van der Waals surface area contributed by atoms with Gasteiger partial charge in [0.1, 0.15) is 11.8 Å². The lowest BCUT2D eigenvalue weighted by Gasteiger charge is -2.18. The van der Waals surface area contributed by atoms with Gasteiger partial charge in [-0.3, -0.25) is 19.2 Å². The molecule has 0 saturated heterocycles. The highest BCUT2D eigenvalue weighted by Crippen LogP contribution is 2.14. The maximum Gasteiger partial charge on any atom is 0.240 e. The third-order valence-electron chi connectivity index (χ3n) is 4.86. The predicted octanol–water partition coefficient (Wildman–Crippen LogP) is 1.64. The number of phenols is 1. The highest BCUT2D eigenvalue weighted by Gasteiger charge is 2.20. The van der Waals surface area contributed by atoms with E-state index < -0.39 is 18.0 Å². The molecule has 5 N–H and O–H groups in total. The molecular weight excluding hydrogens is 418 g/mol. The molecule has 1 rings (SSSR count). The number of phenolic OH excluding ortho intramolecular Hbond substituents is 1. The number of primary amides is 1. The Bertz CT molecular complexity index is 739. The Kier molecular flexibility index (Phi) is 12.3. The molecule has 1 aromatic carbocycles. The van der Waals surface area contributed by atoms with Crippen molar-refractivity contribution in [3.63, 3.8) is 0 Å². The average Bonchev–Trinajstić information content (AvgIpc) is 2.74. The van der Waals surface area contributed by atoms with Crippen molar-refractivity contribution in [2.24, 2.45) is 5.73 Å². The third-order valence-corrected chi connectivity index (χ3v) is 5.22. The SMILES string of the molecule is CCC(=O)N[C@@H](Cc1ccc(O)cc1)C(=O)CCCCCCC(=O)NC(CS)C(N)=O. The van der Waals surface area contributed by atoms with Gasteiger partial charge in [-0.05, 0) is 37.0 Å². The summed E-state index contributed by atoms with van der Waals surface area (Å²) in [5.41, 5.74) is 6.02. The minimum Gasteiger partial charge on any atom is -0.508 e. The number of benzene rings is 1. The van der Waals surface area contributed by atoms with Crippen LogP contribution in [0.3, 0.4) is 0 Å². The summed E-state index contributed by atoms with van der Waals surface area (Å²) < 4.78 is 0. The van der Waals surface area contributed by atoms with E-state index in [1.807, 2.05) is 0 Å². The van der Waals surface area contributed by atoms with Crippen molar-refractivity contribution in [1.82, 2.24) is 10.6 Å². The third kappa shape index (κ3) is 10.9. The number of hydrogen-bond donors (Lipinski definition) is 5. The molecule has 9 heteroatoms. The number of hydrogen-bond acceptors (Lipinski definition) is 6. The van der Waals surface area contributed by atoms with Crippen LogP contribution in [0.2, 0.25) is 0 Å². The van der Waals surface area contributed by atoms with E-state index in [4.69, 9.17) is 5.73 Å². The van der Waals surface area contributed by atoms with E-state index in [-0.39, 0.29) is 35.5 Å². The number of aromatic hydroxyl groups is 1. The largest absolute Gasteiger partial charge is 0.508 e. The minimum atomic E-state index is -0.766. The summed E-state index contributed by atoms with van der Waals surface area (Å²) in [6, 6.07) is 5.20. The summed E-state index contributed by atoms with van der Waals surface area (Å²) in [5, 5.41) is 14.7. The van der Waals surface area contributed by atoms with E-state index in [1.54, 1.807) is 31.2 Å². The van der Waals surface area contributed by atoms with Gasteiger partial charge in [-0.1, -0.05) is 31.9 Å². The first-order valence-electron chi connectivity index (χ1n) is 10.6. The first-order chi connectivity index (χ1) is 14.8. The lowest BCUT2D eigenvalue weighted by molar-refractivity contribution is -0.127. The second-order valence-corrected chi connectivity index (χ2v) is 7.79. The summed E-state index contributed by atoms with van der Waals surface area (Å²) in [7, 11) is 0. The van der Waals surface area contributed by atoms with Crippen LogP contribution in [0, 0.1) is 0 Å². The number of unbranched alkanes of at least 4 members (excludes halogenated alkanes) is 3. The topological polar surface area (TPSA) is 139 Å². The predicted molar refractivity (Wildman–Crippen MR) is 122 cm³/mol. The number of amides is 3. The van der Waals surface area contributed by atoms with Gasteiger partial charge in [-0.25, -0.2) is 0 Å². The molecule has 0 aromatic heterocycles. The van der Waals surface area contributed by atoms with Gasteiger partial charge in [0.05, 0.1) is 6.04 Å². The van der Waals surface area contributed by atoms with Crippen LogP contribution in [0.4, 0.5) is 0 Å². The zero-order valence-corrected chi connectivity index (χ0v) is 18.8. The molecule has 172 valence electrons. The number of thiol groups is 1. The molecule has 0 aliphatic carbocycles. The lowest BCUT2D eigenvalue weighted by atomic mass is 9.98. The fourth-order valence-corrected chi connectivity index (χ4v) is 3.27. The number of rotatable bonds is 15. The minimum absolute atomic E-state index is 0.0364. The van der Waals surface area contributed by atoms with E-state index in [0.717, 1.165) is 18.4 Å². The molecule has 0 saturated carbocycles. The fourth-order valence-electron chi connectivity index (χ4n) is 3.00. The Morgan fingerprint density at radius 3 is 2.06 bits per heavy atom. The first-order valence-corrected chi connectivity index (χ1v) is 11.2. The van der Waals surface area contributed by atoms with E-state index in [1.165, 1.54) is 0 Å². The van der Waals surface area contributed by atoms with Crippen LogP contribution in [0.1, 0.15) is 57.4 Å². The van der Waals surface area contributed by atoms with Crippen LogP contribution in [-0.2, 0) is 25.6 Å². The Hall–Kier alpha value is -2.55. The molecule has 0 spiro atoms. The quantitative estimate of drug-likeness (QED) is 0.204. The van der Waals surface area contributed by atoms with Gasteiger partial charge in [0, 0.05) is 25.0 Å². The molecule has 0 fully saturated rings. The van der Waals surface area contributed by atoms with E-state index in [0.29, 0.717) is 32.1 Å². The van der Waals surface area contributed by atoms with Crippen molar-refractivity contribution < 1.29 is 24.3 Å². The number of ketones is 1. The smallest absolute Gasteiger partial charge is 0.240 e. The van der Waals surface area contributed by atoms with Crippen LogP contribution >= 0.6 is 12.6 Å². The maximum absolute atomic E-state index is 12.6. The number of carbonyl (C=O) groups excluding carboxylic acids is 4. The van der Waals surface area contributed by atoms with Crippen LogP contribution < -0.4 is 16.4 Å². The maximum atomic E-state index is 12.6. The Labute approximate surface area is 188 Å². The lowest BCUT2D eigenvalue weighted by Crippen LogP contribution is -2.45. The highest BCUT2D eigenvalue weighted by molar-refractivity contribution is 7.80. The van der Waals surface area contributed by atoms with Crippen LogP contribution in [0.5, 0.6) is 5.75 Å². The van der Waals surface area contributed by atoms with Crippen molar-refractivity contribution in [1.29, 1.82) is 0 Å². The van der Waals surface area contributed by atoms with Gasteiger partial charge in [0.15, 0.2) is 5.78 Å². The second kappa shape index (κ2) is 14.5. The summed E-state index contributed by atoms with van der Waals surface area (Å²) in [6.45, 7) is 1.73. The molecule has 0 aliphatic rings. The summed E-state index contributed by atoms with van der Waals surface area (Å²) in [6.07, 6.45) is 4.13. The number of Topliss-reactive ketones (excluding diaryl/α,β-unsaturated/α-hetero) is 1. The number of carbonyl (C=O) groups is 4. The van der Waals surface area contributed by atoms with Gasteiger partial charge in [0.25, 0.3) is 0 Å². The molecule has 0 radical (unpaired) electrons. The standard InChI is InChI=1S/C22H33N3O5S/c1-2-20(28)24-17(13-15-9-11-16(26)12-10-15)19(27)7-5-3-4-6-8-21(29)25-18(14-31)22(23)30/h9-12,17-18,26,31H,2-8,13-14H2,1H3,(H2,23,30)(H,24,28)(H,25,29)/t17-,18?/m0/s1. The molecule has 0 bridgehead atoms. The van der Waals surface area contributed by atoms with Crippen molar-refractivity contribution in [3.05, 3.63) is 29.8 Å². The van der Waals surface area contributed by atoms with Crippen molar-refractivity contribution in [3.8, 4) is 5.75 Å². The van der Waals surface area contributed by atoms with Crippen LogP contribution in [0.15, 0.2) is 24.3 Å². The van der Waals surface area contributed by atoms with Gasteiger partial charge in [-0.15, -0.1) is 0 Å². The molecule has 8 nitrogen and oxygen atoms in total. The summed E-state index contributed by atoms with van der Waals surface area (Å²) in [4.78, 5) is 47.4. The molecule has 31 heavy (non-hydrogen) atoms. The van der Waals surface area contributed by atoms with Crippen LogP contribution in [-0.4, -0.2) is 46.4 Å². The average molecular weight is 452 g/mol. The fraction of sp³-hybridized carbons (Fsp3) is 0.545. The Morgan fingerprint density at radius 2 is 1.52 bits per heavy atom. The summed E-state index contributed by atoms with van der Waals surface area (Å²) in [5.74, 6) is -0.773. The number of nitrogens with two attached hydrogens (primary N) is 1. The van der Waals surface area contributed by atoms with Crippen molar-refractivity contribution in [2.45, 2.75) is 70.4 Å². The molecule has 0 heterocycles. The van der Waals surface area contributed by atoms with Gasteiger partial charge >= 0.3 is 0 Å². The first kappa shape index (κ1) is 26.5. The molecular formula is C22H33N3O5S. The van der Waals surface area contributed by atoms with Crippen molar-refractivity contribution in [2.75, 3.05) is 5.75 Å². The van der Waals surface area contributed by atoms with Gasteiger partial charge in [-0.2, -0.15) is 12.6 Å². The normalized spacial score (nSPS) is 12.6. The molecule has 1 aromatic rings. The van der Waals surface area contributed by atoms with Crippen LogP contribution in [0.25, 0.3) is 0 Å². The highest BCUT2D eigenvalue weighted by atomic mass is 32.1. The van der Waals surface area contributed by atoms with Gasteiger partial charge < -0.3 is 21.5 Å². The van der Waals surface area contributed by atoms with E-state index >= 15 is 0 Å².